The lowest BCUT2D eigenvalue weighted by molar-refractivity contribution is -0.113. The third-order valence-corrected chi connectivity index (χ3v) is 5.48. The van der Waals surface area contributed by atoms with Crippen LogP contribution in [0.2, 0.25) is 0 Å². The van der Waals surface area contributed by atoms with Crippen LogP contribution in [0.15, 0.2) is 70.2 Å². The predicted octanol–water partition coefficient (Wildman–Crippen LogP) is 5.03. The second-order valence-electron chi connectivity index (χ2n) is 6.79. The molecule has 28 heavy (non-hydrogen) atoms. The minimum absolute atomic E-state index is 0.103. The highest BCUT2D eigenvalue weighted by molar-refractivity contribution is 8.00. The van der Waals surface area contributed by atoms with Crippen LogP contribution in [0.5, 0.6) is 0 Å². The topological polar surface area (TPSA) is 60.1 Å². The lowest BCUT2D eigenvalue weighted by Crippen LogP contribution is -2.14. The number of hydrogen-bond acceptors (Lipinski definition) is 4. The van der Waals surface area contributed by atoms with Crippen molar-refractivity contribution < 1.29 is 9.32 Å². The number of fused-ring (bicyclic) bond motifs is 1. The van der Waals surface area contributed by atoms with E-state index in [-0.39, 0.29) is 5.91 Å². The minimum Gasteiger partial charge on any atom is -0.360 e. The van der Waals surface area contributed by atoms with Crippen LogP contribution >= 0.6 is 11.8 Å². The van der Waals surface area contributed by atoms with Crippen LogP contribution in [0.4, 0.5) is 5.82 Å². The van der Waals surface area contributed by atoms with Gasteiger partial charge in [0.15, 0.2) is 5.82 Å². The molecule has 4 rings (SSSR count). The number of anilines is 1. The molecular weight excluding hydrogens is 370 g/mol. The van der Waals surface area contributed by atoms with E-state index in [0.29, 0.717) is 17.3 Å². The Hall–Kier alpha value is -2.99. The first kappa shape index (κ1) is 18.4. The fourth-order valence-electron chi connectivity index (χ4n) is 3.21. The quantitative estimate of drug-likeness (QED) is 0.469. The molecule has 0 radical (unpaired) electrons. The van der Waals surface area contributed by atoms with Crippen molar-refractivity contribution in [2.45, 2.75) is 25.3 Å². The van der Waals surface area contributed by atoms with Gasteiger partial charge in [-0.1, -0.05) is 53.2 Å². The highest BCUT2D eigenvalue weighted by Gasteiger charge is 2.12. The third-order valence-electron chi connectivity index (χ3n) is 4.44. The number of carbonyl (C=O) groups excluding carboxylic acids is 1. The normalized spacial score (nSPS) is 11.1. The molecule has 0 saturated heterocycles. The molecule has 5 nitrogen and oxygen atoms in total. The van der Waals surface area contributed by atoms with E-state index in [4.69, 9.17) is 4.52 Å². The second kappa shape index (κ2) is 7.94. The molecule has 0 bridgehead atoms. The summed E-state index contributed by atoms with van der Waals surface area (Å²) in [6, 6.07) is 18.5. The first-order valence-electron chi connectivity index (χ1n) is 9.08. The van der Waals surface area contributed by atoms with Crippen LogP contribution in [0, 0.1) is 13.8 Å². The van der Waals surface area contributed by atoms with Crippen molar-refractivity contribution in [1.29, 1.82) is 0 Å². The number of amides is 1. The molecule has 2 aromatic heterocycles. The molecule has 0 saturated carbocycles. The molecule has 0 aliphatic carbocycles. The van der Waals surface area contributed by atoms with Gasteiger partial charge in [-0.2, -0.15) is 0 Å². The smallest absolute Gasteiger partial charge is 0.235 e. The second-order valence-corrected chi connectivity index (χ2v) is 7.80. The number of nitrogens with one attached hydrogen (secondary N) is 1. The molecular formula is C22H21N3O2S. The Morgan fingerprint density at radius 3 is 2.79 bits per heavy atom. The van der Waals surface area contributed by atoms with Crippen LogP contribution in [-0.2, 0) is 11.3 Å². The van der Waals surface area contributed by atoms with Gasteiger partial charge in [0, 0.05) is 34.6 Å². The zero-order chi connectivity index (χ0) is 19.5. The van der Waals surface area contributed by atoms with Gasteiger partial charge in [0.25, 0.3) is 0 Å². The summed E-state index contributed by atoms with van der Waals surface area (Å²) in [4.78, 5) is 13.3. The van der Waals surface area contributed by atoms with Gasteiger partial charge in [0.2, 0.25) is 5.91 Å². The van der Waals surface area contributed by atoms with Gasteiger partial charge < -0.3 is 14.4 Å². The van der Waals surface area contributed by atoms with Crippen molar-refractivity contribution in [2.24, 2.45) is 0 Å². The molecule has 0 unspecified atom stereocenters. The van der Waals surface area contributed by atoms with Gasteiger partial charge in [-0.15, -0.1) is 11.8 Å². The van der Waals surface area contributed by atoms with E-state index in [1.165, 1.54) is 28.4 Å². The van der Waals surface area contributed by atoms with Crippen molar-refractivity contribution in [3.05, 3.63) is 77.7 Å². The Balaban J connectivity index is 1.51. The monoisotopic (exact) mass is 391 g/mol. The number of rotatable bonds is 6. The summed E-state index contributed by atoms with van der Waals surface area (Å²) < 4.78 is 7.22. The van der Waals surface area contributed by atoms with Gasteiger partial charge in [0.05, 0.1) is 5.75 Å². The largest absolute Gasteiger partial charge is 0.360 e. The summed E-state index contributed by atoms with van der Waals surface area (Å²) in [5, 5.41) is 7.72. The van der Waals surface area contributed by atoms with Gasteiger partial charge in [0.1, 0.15) is 5.76 Å². The maximum Gasteiger partial charge on any atom is 0.235 e. The van der Waals surface area contributed by atoms with Gasteiger partial charge >= 0.3 is 0 Å². The standard InChI is InChI=1S/C22H21N3O2S/c1-15-6-5-7-17(10-15)12-25-13-20(18-8-3-4-9-19(18)25)28-14-22(26)23-21-11-16(2)27-24-21/h3-11,13H,12,14H2,1-2H3,(H,23,24,26). The summed E-state index contributed by atoms with van der Waals surface area (Å²) in [6.07, 6.45) is 2.13. The Bertz CT molecular complexity index is 1130. The van der Waals surface area contributed by atoms with E-state index < -0.39 is 0 Å². The Kier molecular flexibility index (Phi) is 5.21. The van der Waals surface area contributed by atoms with Crippen molar-refractivity contribution >= 4 is 34.4 Å². The van der Waals surface area contributed by atoms with E-state index in [1.54, 1.807) is 13.0 Å². The zero-order valence-electron chi connectivity index (χ0n) is 15.8. The van der Waals surface area contributed by atoms with E-state index in [2.05, 4.69) is 64.6 Å². The van der Waals surface area contributed by atoms with Crippen molar-refractivity contribution in [3.63, 3.8) is 0 Å². The molecule has 6 heteroatoms. The van der Waals surface area contributed by atoms with E-state index >= 15 is 0 Å². The van der Waals surface area contributed by atoms with Crippen LogP contribution in [0.25, 0.3) is 10.9 Å². The number of carbonyl (C=O) groups is 1. The zero-order valence-corrected chi connectivity index (χ0v) is 16.6. The maximum absolute atomic E-state index is 12.2. The summed E-state index contributed by atoms with van der Waals surface area (Å²) in [5.41, 5.74) is 3.68. The SMILES string of the molecule is Cc1cccc(Cn2cc(SCC(=O)Nc3cc(C)on3)c3ccccc32)c1. The van der Waals surface area contributed by atoms with E-state index in [1.807, 2.05) is 12.1 Å². The first-order valence-corrected chi connectivity index (χ1v) is 10.1. The molecule has 4 aromatic rings. The molecule has 0 aliphatic heterocycles. The maximum atomic E-state index is 12.2. The molecule has 0 spiro atoms. The molecule has 142 valence electrons. The highest BCUT2D eigenvalue weighted by atomic mass is 32.2. The number of thioether (sulfide) groups is 1. The Morgan fingerprint density at radius 2 is 2.00 bits per heavy atom. The van der Waals surface area contributed by atoms with Gasteiger partial charge in [-0.3, -0.25) is 4.79 Å². The van der Waals surface area contributed by atoms with E-state index in [0.717, 1.165) is 16.8 Å². The fourth-order valence-corrected chi connectivity index (χ4v) is 4.10. The van der Waals surface area contributed by atoms with Crippen LogP contribution in [0.1, 0.15) is 16.9 Å². The molecule has 2 heterocycles. The number of aryl methyl sites for hydroxylation is 2. The number of nitrogens with zero attached hydrogens (tertiary/aromatic N) is 2. The minimum atomic E-state index is -0.103. The molecule has 0 fully saturated rings. The van der Waals surface area contributed by atoms with Crippen molar-refractivity contribution in [3.8, 4) is 0 Å². The fraction of sp³-hybridized carbons (Fsp3) is 0.182. The molecule has 1 N–H and O–H groups in total. The number of para-hydroxylation sites is 1. The predicted molar refractivity (Wildman–Crippen MR) is 113 cm³/mol. The summed E-state index contributed by atoms with van der Waals surface area (Å²) in [6.45, 7) is 4.70. The summed E-state index contributed by atoms with van der Waals surface area (Å²) in [7, 11) is 0. The van der Waals surface area contributed by atoms with Crippen LogP contribution in [0.3, 0.4) is 0 Å². The molecule has 2 aromatic carbocycles. The number of hydrogen-bond donors (Lipinski definition) is 1. The van der Waals surface area contributed by atoms with Gasteiger partial charge in [-0.05, 0) is 25.5 Å². The average molecular weight is 391 g/mol. The van der Waals surface area contributed by atoms with Gasteiger partial charge in [-0.25, -0.2) is 0 Å². The molecule has 0 aliphatic rings. The molecule has 0 atom stereocenters. The molecule has 1 amide bonds. The van der Waals surface area contributed by atoms with Crippen LogP contribution in [-0.4, -0.2) is 21.4 Å². The Morgan fingerprint density at radius 1 is 1.14 bits per heavy atom. The summed E-state index contributed by atoms with van der Waals surface area (Å²) >= 11 is 1.53. The summed E-state index contributed by atoms with van der Waals surface area (Å²) in [5.74, 6) is 1.32. The lowest BCUT2D eigenvalue weighted by Gasteiger charge is -2.06. The van der Waals surface area contributed by atoms with Crippen molar-refractivity contribution in [2.75, 3.05) is 11.1 Å². The first-order chi connectivity index (χ1) is 13.6. The number of aromatic nitrogens is 2. The number of benzene rings is 2. The highest BCUT2D eigenvalue weighted by Crippen LogP contribution is 2.30. The third kappa shape index (κ3) is 4.12. The van der Waals surface area contributed by atoms with Crippen molar-refractivity contribution in [1.82, 2.24) is 9.72 Å². The Labute approximate surface area is 167 Å². The van der Waals surface area contributed by atoms with E-state index in [9.17, 15) is 4.79 Å². The average Bonchev–Trinajstić information content (AvgIpc) is 3.24. The van der Waals surface area contributed by atoms with Crippen LogP contribution < -0.4 is 5.32 Å². The lowest BCUT2D eigenvalue weighted by atomic mass is 10.1.